The molecule has 0 spiro atoms. The Morgan fingerprint density at radius 3 is 2.79 bits per heavy atom. The van der Waals surface area contributed by atoms with Crippen molar-refractivity contribution in [3.8, 4) is 0 Å². The number of nitrogens with zero attached hydrogens (tertiary/aromatic N) is 1. The van der Waals surface area contributed by atoms with Gasteiger partial charge in [0.15, 0.2) is 0 Å². The molecule has 0 radical (unpaired) electrons. The summed E-state index contributed by atoms with van der Waals surface area (Å²) in [6, 6.07) is 0. The van der Waals surface area contributed by atoms with E-state index in [1.165, 1.54) is 10.6 Å². The van der Waals surface area contributed by atoms with E-state index < -0.39 is 10.0 Å². The molecule has 2 unspecified atom stereocenters. The topological polar surface area (TPSA) is 66.8 Å². The molecule has 0 aliphatic carbocycles. The van der Waals surface area contributed by atoms with Crippen molar-refractivity contribution in [3.05, 3.63) is 0 Å². The number of ether oxygens (including phenoxy) is 1. The van der Waals surface area contributed by atoms with Crippen molar-refractivity contribution < 1.29 is 18.3 Å². The average Bonchev–Trinajstić information content (AvgIpc) is 2.34. The number of rotatable bonds is 8. The molecule has 1 aliphatic heterocycles. The van der Waals surface area contributed by atoms with Gasteiger partial charge in [0.05, 0.1) is 12.4 Å². The average molecular weight is 293 g/mol. The molecular weight excluding hydrogens is 266 g/mol. The molecule has 1 saturated heterocycles. The maximum absolute atomic E-state index is 11.5. The summed E-state index contributed by atoms with van der Waals surface area (Å²) in [5.74, 6) is 0.268. The standard InChI is InChI=1S/C13H27NO4S/c1-3-8-18-9-6-13(15)10-12-5-4-7-14(11-12)19(2,16)17/h12-13,15H,3-11H2,1-2H3. The molecule has 0 aromatic carbocycles. The summed E-state index contributed by atoms with van der Waals surface area (Å²) in [5.41, 5.74) is 0. The van der Waals surface area contributed by atoms with Crippen molar-refractivity contribution in [1.82, 2.24) is 4.31 Å². The molecule has 1 aliphatic rings. The van der Waals surface area contributed by atoms with E-state index in [4.69, 9.17) is 4.74 Å². The SMILES string of the molecule is CCCOCCC(O)CC1CCCN(S(C)(=O)=O)C1. The molecule has 1 fully saturated rings. The molecule has 1 rings (SSSR count). The minimum absolute atomic E-state index is 0.268. The molecule has 2 atom stereocenters. The Balaban J connectivity index is 2.28. The summed E-state index contributed by atoms with van der Waals surface area (Å²) in [6.07, 6.45) is 5.04. The summed E-state index contributed by atoms with van der Waals surface area (Å²) in [7, 11) is -3.09. The van der Waals surface area contributed by atoms with Crippen LogP contribution in [0.2, 0.25) is 0 Å². The van der Waals surface area contributed by atoms with Crippen molar-refractivity contribution >= 4 is 10.0 Å². The number of hydrogen-bond acceptors (Lipinski definition) is 4. The molecule has 114 valence electrons. The van der Waals surface area contributed by atoms with Gasteiger partial charge in [-0.05, 0) is 38.0 Å². The second kappa shape index (κ2) is 8.19. The lowest BCUT2D eigenvalue weighted by atomic mass is 9.92. The number of aliphatic hydroxyl groups is 1. The maximum atomic E-state index is 11.5. The van der Waals surface area contributed by atoms with Crippen LogP contribution in [0.5, 0.6) is 0 Å². The number of aliphatic hydroxyl groups excluding tert-OH is 1. The highest BCUT2D eigenvalue weighted by Gasteiger charge is 2.27. The van der Waals surface area contributed by atoms with Crippen molar-refractivity contribution in [3.63, 3.8) is 0 Å². The Hall–Kier alpha value is -0.170. The molecule has 1 heterocycles. The van der Waals surface area contributed by atoms with Crippen LogP contribution in [0.15, 0.2) is 0 Å². The predicted molar refractivity (Wildman–Crippen MR) is 75.5 cm³/mol. The highest BCUT2D eigenvalue weighted by atomic mass is 32.2. The Labute approximate surface area is 117 Å². The molecule has 1 N–H and O–H groups in total. The summed E-state index contributed by atoms with van der Waals surface area (Å²) < 4.78 is 29.9. The van der Waals surface area contributed by atoms with Gasteiger partial charge in [0.25, 0.3) is 0 Å². The molecule has 0 amide bonds. The third-order valence-electron chi connectivity index (χ3n) is 3.50. The van der Waals surface area contributed by atoms with Gasteiger partial charge < -0.3 is 9.84 Å². The van der Waals surface area contributed by atoms with Crippen LogP contribution in [-0.2, 0) is 14.8 Å². The van der Waals surface area contributed by atoms with Crippen LogP contribution in [0, 0.1) is 5.92 Å². The third-order valence-corrected chi connectivity index (χ3v) is 4.77. The Morgan fingerprint density at radius 2 is 2.16 bits per heavy atom. The second-order valence-corrected chi connectivity index (χ2v) is 7.40. The van der Waals surface area contributed by atoms with Gasteiger partial charge in [-0.2, -0.15) is 0 Å². The Morgan fingerprint density at radius 1 is 1.42 bits per heavy atom. The van der Waals surface area contributed by atoms with Gasteiger partial charge in [-0.15, -0.1) is 0 Å². The fraction of sp³-hybridized carbons (Fsp3) is 1.00. The van der Waals surface area contributed by atoms with Crippen LogP contribution in [0.1, 0.15) is 39.0 Å². The molecule has 6 heteroatoms. The van der Waals surface area contributed by atoms with E-state index in [1.807, 2.05) is 0 Å². The summed E-state index contributed by atoms with van der Waals surface area (Å²) in [5, 5.41) is 9.94. The van der Waals surface area contributed by atoms with E-state index >= 15 is 0 Å². The lowest BCUT2D eigenvalue weighted by Crippen LogP contribution is -2.40. The van der Waals surface area contributed by atoms with Crippen LogP contribution in [-0.4, -0.2) is 56.5 Å². The first-order valence-corrected chi connectivity index (χ1v) is 8.99. The van der Waals surface area contributed by atoms with E-state index in [2.05, 4.69) is 6.92 Å². The third kappa shape index (κ3) is 6.70. The molecular formula is C13H27NO4S. The lowest BCUT2D eigenvalue weighted by Gasteiger charge is -2.32. The molecule has 0 aromatic rings. The highest BCUT2D eigenvalue weighted by molar-refractivity contribution is 7.88. The summed E-state index contributed by atoms with van der Waals surface area (Å²) >= 11 is 0. The quantitative estimate of drug-likeness (QED) is 0.683. The van der Waals surface area contributed by atoms with E-state index in [-0.39, 0.29) is 12.0 Å². The van der Waals surface area contributed by atoms with Gasteiger partial charge in [-0.1, -0.05) is 6.92 Å². The Bertz CT molecular complexity index is 345. The van der Waals surface area contributed by atoms with Crippen molar-refractivity contribution in [2.24, 2.45) is 5.92 Å². The van der Waals surface area contributed by atoms with E-state index in [0.717, 1.165) is 25.9 Å². The van der Waals surface area contributed by atoms with Gasteiger partial charge in [0.2, 0.25) is 10.0 Å². The zero-order valence-electron chi connectivity index (χ0n) is 12.0. The molecule has 0 bridgehead atoms. The van der Waals surface area contributed by atoms with Gasteiger partial charge in [-0.25, -0.2) is 12.7 Å². The predicted octanol–water partition coefficient (Wildman–Crippen LogP) is 1.23. The van der Waals surface area contributed by atoms with Crippen molar-refractivity contribution in [2.45, 2.75) is 45.1 Å². The fourth-order valence-corrected chi connectivity index (χ4v) is 3.43. The van der Waals surface area contributed by atoms with E-state index in [9.17, 15) is 13.5 Å². The van der Waals surface area contributed by atoms with Gasteiger partial charge in [0.1, 0.15) is 0 Å². The van der Waals surface area contributed by atoms with E-state index in [0.29, 0.717) is 32.5 Å². The normalized spacial score (nSPS) is 23.4. The maximum Gasteiger partial charge on any atom is 0.211 e. The van der Waals surface area contributed by atoms with Gasteiger partial charge in [0, 0.05) is 26.3 Å². The van der Waals surface area contributed by atoms with Crippen LogP contribution in [0.25, 0.3) is 0 Å². The molecule has 5 nitrogen and oxygen atoms in total. The minimum atomic E-state index is -3.09. The summed E-state index contributed by atoms with van der Waals surface area (Å²) in [4.78, 5) is 0. The van der Waals surface area contributed by atoms with Crippen LogP contribution < -0.4 is 0 Å². The first-order valence-electron chi connectivity index (χ1n) is 7.14. The zero-order chi connectivity index (χ0) is 14.3. The molecule has 0 saturated carbocycles. The fourth-order valence-electron chi connectivity index (χ4n) is 2.49. The minimum Gasteiger partial charge on any atom is -0.393 e. The highest BCUT2D eigenvalue weighted by Crippen LogP contribution is 2.23. The lowest BCUT2D eigenvalue weighted by molar-refractivity contribution is 0.0638. The molecule has 19 heavy (non-hydrogen) atoms. The zero-order valence-corrected chi connectivity index (χ0v) is 12.9. The number of sulfonamides is 1. The summed E-state index contributed by atoms with van der Waals surface area (Å²) in [6.45, 7) is 4.53. The molecule has 0 aromatic heterocycles. The largest absolute Gasteiger partial charge is 0.393 e. The van der Waals surface area contributed by atoms with Crippen LogP contribution >= 0.6 is 0 Å². The van der Waals surface area contributed by atoms with Gasteiger partial charge in [-0.3, -0.25) is 0 Å². The smallest absolute Gasteiger partial charge is 0.211 e. The van der Waals surface area contributed by atoms with Crippen molar-refractivity contribution in [2.75, 3.05) is 32.6 Å². The number of piperidine rings is 1. The van der Waals surface area contributed by atoms with Crippen molar-refractivity contribution in [1.29, 1.82) is 0 Å². The first kappa shape index (κ1) is 16.9. The number of hydrogen-bond donors (Lipinski definition) is 1. The van der Waals surface area contributed by atoms with Gasteiger partial charge >= 0.3 is 0 Å². The van der Waals surface area contributed by atoms with Crippen LogP contribution in [0.4, 0.5) is 0 Å². The Kier molecular flexibility index (Phi) is 7.28. The van der Waals surface area contributed by atoms with E-state index in [1.54, 1.807) is 0 Å². The first-order chi connectivity index (χ1) is 8.93. The van der Waals surface area contributed by atoms with Crippen LogP contribution in [0.3, 0.4) is 0 Å². The second-order valence-electron chi connectivity index (χ2n) is 5.42. The monoisotopic (exact) mass is 293 g/mol.